The molecule has 122 valence electrons. The van der Waals surface area contributed by atoms with E-state index >= 15 is 0 Å². The number of benzene rings is 2. The van der Waals surface area contributed by atoms with Gasteiger partial charge in [-0.3, -0.25) is 4.72 Å². The van der Waals surface area contributed by atoms with Crippen LogP contribution in [0.2, 0.25) is 0 Å². The van der Waals surface area contributed by atoms with Crippen molar-refractivity contribution < 1.29 is 18.3 Å². The van der Waals surface area contributed by atoms with Crippen molar-refractivity contribution in [3.05, 3.63) is 59.2 Å². The Morgan fingerprint density at radius 3 is 2.39 bits per heavy atom. The minimum absolute atomic E-state index is 0.00328. The Bertz CT molecular complexity index is 828. The number of sulfonamides is 1. The summed E-state index contributed by atoms with van der Waals surface area (Å²) in [5, 5.41) is 11.1. The van der Waals surface area contributed by atoms with E-state index in [0.717, 1.165) is 5.56 Å². The molecule has 0 saturated carbocycles. The van der Waals surface area contributed by atoms with Crippen LogP contribution in [0.5, 0.6) is 0 Å². The summed E-state index contributed by atoms with van der Waals surface area (Å²) in [7, 11) is -3.89. The second kappa shape index (κ2) is 6.83. The van der Waals surface area contributed by atoms with Gasteiger partial charge in [-0.25, -0.2) is 8.42 Å². The summed E-state index contributed by atoms with van der Waals surface area (Å²) in [6.45, 7) is 3.81. The molecule has 0 heterocycles. The maximum atomic E-state index is 12.7. The molecule has 0 aliphatic heterocycles. The van der Waals surface area contributed by atoms with E-state index in [4.69, 9.17) is 0 Å². The van der Waals surface area contributed by atoms with Crippen LogP contribution < -0.4 is 9.83 Å². The fourth-order valence-corrected chi connectivity index (χ4v) is 3.75. The van der Waals surface area contributed by atoms with Crippen LogP contribution in [0.1, 0.15) is 35.3 Å². The lowest BCUT2D eigenvalue weighted by Crippen LogP contribution is -2.25. The molecule has 1 N–H and O–H groups in total. The van der Waals surface area contributed by atoms with Crippen molar-refractivity contribution in [2.75, 3.05) is 4.72 Å². The molecule has 2 aromatic rings. The Hall–Kier alpha value is -2.34. The van der Waals surface area contributed by atoms with Crippen molar-refractivity contribution in [2.24, 2.45) is 0 Å². The monoisotopic (exact) mass is 332 g/mol. The van der Waals surface area contributed by atoms with Gasteiger partial charge < -0.3 is 9.90 Å². The molecule has 23 heavy (non-hydrogen) atoms. The molecular formula is C17H18NO4S-. The summed E-state index contributed by atoms with van der Waals surface area (Å²) in [5.41, 5.74) is 1.38. The van der Waals surface area contributed by atoms with Crippen LogP contribution >= 0.6 is 0 Å². The Morgan fingerprint density at radius 2 is 1.78 bits per heavy atom. The molecule has 2 aromatic carbocycles. The van der Waals surface area contributed by atoms with Gasteiger partial charge in [0.15, 0.2) is 0 Å². The van der Waals surface area contributed by atoms with Crippen molar-refractivity contribution in [1.82, 2.24) is 0 Å². The molecule has 0 saturated heterocycles. The number of anilines is 1. The summed E-state index contributed by atoms with van der Waals surface area (Å²) in [6.07, 6.45) is 1.27. The normalized spacial score (nSPS) is 11.2. The van der Waals surface area contributed by atoms with Gasteiger partial charge in [-0.2, -0.15) is 0 Å². The topological polar surface area (TPSA) is 86.3 Å². The van der Waals surface area contributed by atoms with Crippen LogP contribution in [0.3, 0.4) is 0 Å². The maximum Gasteiger partial charge on any atom is 0.262 e. The predicted molar refractivity (Wildman–Crippen MR) is 86.8 cm³/mol. The van der Waals surface area contributed by atoms with Crippen LogP contribution in [0, 0.1) is 0 Å². The van der Waals surface area contributed by atoms with Gasteiger partial charge >= 0.3 is 0 Å². The largest absolute Gasteiger partial charge is 0.545 e. The fraction of sp³-hybridized carbons (Fsp3) is 0.235. The summed E-state index contributed by atoms with van der Waals surface area (Å²) in [5.74, 6) is -1.43. The van der Waals surface area contributed by atoms with Crippen molar-refractivity contribution >= 4 is 21.7 Å². The van der Waals surface area contributed by atoms with E-state index in [1.54, 1.807) is 18.2 Å². The summed E-state index contributed by atoms with van der Waals surface area (Å²) < 4.78 is 27.8. The molecule has 5 nitrogen and oxygen atoms in total. The van der Waals surface area contributed by atoms with Gasteiger partial charge in [0.05, 0.1) is 16.6 Å². The Balaban J connectivity index is 2.50. The van der Waals surface area contributed by atoms with E-state index in [1.807, 2.05) is 19.9 Å². The molecule has 0 fully saturated rings. The minimum atomic E-state index is -3.89. The number of carboxylic acid groups (broad SMARTS) is 1. The van der Waals surface area contributed by atoms with Crippen LogP contribution in [0.25, 0.3) is 0 Å². The van der Waals surface area contributed by atoms with Crippen molar-refractivity contribution in [1.29, 1.82) is 0 Å². The van der Waals surface area contributed by atoms with E-state index in [1.165, 1.54) is 18.2 Å². The SMILES string of the molecule is CCc1ccc(CC)c(S(=O)(=O)Nc2ccccc2C(=O)[O-])c1. The number of rotatable bonds is 6. The first-order valence-corrected chi connectivity index (χ1v) is 8.82. The number of aryl methyl sites for hydroxylation is 2. The van der Waals surface area contributed by atoms with Crippen molar-refractivity contribution in [2.45, 2.75) is 31.6 Å². The number of hydrogen-bond donors (Lipinski definition) is 1. The van der Waals surface area contributed by atoms with Crippen molar-refractivity contribution in [3.63, 3.8) is 0 Å². The Kier molecular flexibility index (Phi) is 5.05. The van der Waals surface area contributed by atoms with Gasteiger partial charge in [0.1, 0.15) is 0 Å². The highest BCUT2D eigenvalue weighted by molar-refractivity contribution is 7.92. The highest BCUT2D eigenvalue weighted by atomic mass is 32.2. The van der Waals surface area contributed by atoms with Gasteiger partial charge in [-0.15, -0.1) is 0 Å². The van der Waals surface area contributed by atoms with E-state index in [0.29, 0.717) is 18.4 Å². The van der Waals surface area contributed by atoms with Gasteiger partial charge in [-0.1, -0.05) is 44.2 Å². The second-order valence-electron chi connectivity index (χ2n) is 5.09. The highest BCUT2D eigenvalue weighted by Gasteiger charge is 2.20. The predicted octanol–water partition coefficient (Wildman–Crippen LogP) is 1.98. The van der Waals surface area contributed by atoms with Crippen LogP contribution in [-0.4, -0.2) is 14.4 Å². The molecule has 0 amide bonds. The average Bonchev–Trinajstić information content (AvgIpc) is 2.54. The lowest BCUT2D eigenvalue weighted by molar-refractivity contribution is -0.254. The maximum absolute atomic E-state index is 12.7. The summed E-state index contributed by atoms with van der Waals surface area (Å²) in [4.78, 5) is 11.3. The van der Waals surface area contributed by atoms with Crippen molar-refractivity contribution in [3.8, 4) is 0 Å². The first kappa shape index (κ1) is 17.0. The highest BCUT2D eigenvalue weighted by Crippen LogP contribution is 2.24. The third-order valence-corrected chi connectivity index (χ3v) is 5.05. The molecule has 0 spiro atoms. The molecule has 0 bridgehead atoms. The quantitative estimate of drug-likeness (QED) is 0.876. The molecule has 0 aliphatic rings. The number of para-hydroxylation sites is 1. The molecule has 0 aromatic heterocycles. The van der Waals surface area contributed by atoms with E-state index in [9.17, 15) is 18.3 Å². The second-order valence-corrected chi connectivity index (χ2v) is 6.74. The lowest BCUT2D eigenvalue weighted by atomic mass is 10.1. The molecule has 2 rings (SSSR count). The molecule has 0 unspecified atom stereocenters. The average molecular weight is 332 g/mol. The van der Waals surface area contributed by atoms with Crippen LogP contribution in [0.15, 0.2) is 47.4 Å². The number of carbonyl (C=O) groups excluding carboxylic acids is 1. The van der Waals surface area contributed by atoms with Crippen LogP contribution in [0.4, 0.5) is 5.69 Å². The standard InChI is InChI=1S/C17H19NO4S/c1-3-12-9-10-13(4-2)16(11-12)23(21,22)18-15-8-6-5-7-14(15)17(19)20/h5-11,18H,3-4H2,1-2H3,(H,19,20)/p-1. The molecule has 0 radical (unpaired) electrons. The van der Waals surface area contributed by atoms with E-state index in [2.05, 4.69) is 4.72 Å². The number of nitrogens with one attached hydrogen (secondary N) is 1. The minimum Gasteiger partial charge on any atom is -0.545 e. The first-order chi connectivity index (χ1) is 10.9. The zero-order valence-electron chi connectivity index (χ0n) is 13.0. The van der Waals surface area contributed by atoms with Gasteiger partial charge in [0, 0.05) is 5.56 Å². The number of aromatic carboxylic acids is 1. The summed E-state index contributed by atoms with van der Waals surface area (Å²) >= 11 is 0. The summed E-state index contributed by atoms with van der Waals surface area (Å²) in [6, 6.07) is 11.1. The van der Waals surface area contributed by atoms with E-state index in [-0.39, 0.29) is 16.1 Å². The lowest BCUT2D eigenvalue weighted by Gasteiger charge is -2.15. The zero-order valence-corrected chi connectivity index (χ0v) is 13.8. The molecule has 6 heteroatoms. The van der Waals surface area contributed by atoms with Crippen LogP contribution in [-0.2, 0) is 22.9 Å². The van der Waals surface area contributed by atoms with E-state index < -0.39 is 16.0 Å². The molecular weight excluding hydrogens is 314 g/mol. The third-order valence-electron chi connectivity index (χ3n) is 3.60. The van der Waals surface area contributed by atoms with Gasteiger partial charge in [0.2, 0.25) is 0 Å². The molecule has 0 aliphatic carbocycles. The number of carbonyl (C=O) groups is 1. The Morgan fingerprint density at radius 1 is 1.09 bits per heavy atom. The zero-order chi connectivity index (χ0) is 17.0. The third kappa shape index (κ3) is 3.71. The first-order valence-electron chi connectivity index (χ1n) is 7.34. The smallest absolute Gasteiger partial charge is 0.262 e. The molecule has 0 atom stereocenters. The van der Waals surface area contributed by atoms with Gasteiger partial charge in [0.25, 0.3) is 10.0 Å². The fourth-order valence-electron chi connectivity index (χ4n) is 2.31. The number of hydrogen-bond acceptors (Lipinski definition) is 4. The number of carboxylic acids is 1. The van der Waals surface area contributed by atoms with Gasteiger partial charge in [-0.05, 0) is 36.1 Å². The Labute approximate surface area is 136 Å².